The summed E-state index contributed by atoms with van der Waals surface area (Å²) < 4.78 is 5.63. The van der Waals surface area contributed by atoms with Crippen molar-refractivity contribution >= 4 is 5.91 Å². The van der Waals surface area contributed by atoms with E-state index in [4.69, 9.17) is 9.57 Å². The molecule has 1 N–H and O–H groups in total. The SMILES string of the molecule is COc1ccccc1C(=O)N1OC23C=CC14CC(O)CCC4(C)C2CCC1(C)C(C(C)C=CC(C)C(C)C)CCC13. The number of amides is 1. The van der Waals surface area contributed by atoms with Crippen molar-refractivity contribution in [2.24, 2.45) is 46.3 Å². The van der Waals surface area contributed by atoms with Gasteiger partial charge in [0.1, 0.15) is 11.4 Å². The lowest BCUT2D eigenvalue weighted by atomic mass is 9.41. The van der Waals surface area contributed by atoms with Crippen LogP contribution in [0.5, 0.6) is 5.75 Å². The van der Waals surface area contributed by atoms with Gasteiger partial charge in [-0.3, -0.25) is 9.63 Å². The van der Waals surface area contributed by atoms with E-state index in [0.29, 0.717) is 53.2 Å². The monoisotopic (exact) mass is 561 g/mol. The number of rotatable bonds is 6. The minimum absolute atomic E-state index is 0.132. The number of hydrogen-bond donors (Lipinski definition) is 1. The van der Waals surface area contributed by atoms with Crippen LogP contribution >= 0.6 is 0 Å². The van der Waals surface area contributed by atoms with E-state index in [1.807, 2.05) is 24.3 Å². The molecule has 4 aliphatic carbocycles. The molecule has 2 aliphatic heterocycles. The van der Waals surface area contributed by atoms with Crippen LogP contribution in [0.1, 0.15) is 96.8 Å². The third kappa shape index (κ3) is 3.97. The first-order chi connectivity index (χ1) is 19.4. The van der Waals surface area contributed by atoms with Gasteiger partial charge >= 0.3 is 0 Å². The van der Waals surface area contributed by atoms with E-state index >= 15 is 0 Å². The van der Waals surface area contributed by atoms with Crippen molar-refractivity contribution in [3.05, 3.63) is 54.1 Å². The summed E-state index contributed by atoms with van der Waals surface area (Å²) in [5.41, 5.74) is -0.723. The summed E-state index contributed by atoms with van der Waals surface area (Å²) in [4.78, 5) is 21.7. The molecule has 41 heavy (non-hydrogen) atoms. The normalized spacial score (nSPS) is 42.6. The van der Waals surface area contributed by atoms with Crippen LogP contribution in [0.15, 0.2) is 48.6 Å². The van der Waals surface area contributed by atoms with Gasteiger partial charge in [-0.05, 0) is 79.7 Å². The molecule has 6 aliphatic rings. The maximum Gasteiger partial charge on any atom is 0.282 e. The second kappa shape index (κ2) is 9.98. The second-order valence-electron chi connectivity index (χ2n) is 15.0. The number of carbonyl (C=O) groups excluding carboxylic acids is 1. The van der Waals surface area contributed by atoms with Gasteiger partial charge in [0.05, 0.1) is 24.3 Å². The minimum atomic E-state index is -0.677. The Labute approximate surface area is 247 Å². The van der Waals surface area contributed by atoms with Crippen molar-refractivity contribution in [1.82, 2.24) is 5.06 Å². The summed E-state index contributed by atoms with van der Waals surface area (Å²) in [6, 6.07) is 7.45. The van der Waals surface area contributed by atoms with Crippen molar-refractivity contribution < 1.29 is 19.5 Å². The van der Waals surface area contributed by atoms with Crippen molar-refractivity contribution in [2.75, 3.05) is 7.11 Å². The Kier molecular flexibility index (Phi) is 7.05. The first kappa shape index (κ1) is 29.0. The van der Waals surface area contributed by atoms with Crippen LogP contribution in [-0.2, 0) is 4.84 Å². The van der Waals surface area contributed by atoms with Crippen LogP contribution in [-0.4, -0.2) is 40.4 Å². The number of ether oxygens (including phenoxy) is 1. The van der Waals surface area contributed by atoms with E-state index in [0.717, 1.165) is 25.7 Å². The predicted molar refractivity (Wildman–Crippen MR) is 162 cm³/mol. The van der Waals surface area contributed by atoms with Gasteiger partial charge in [0.2, 0.25) is 0 Å². The minimum Gasteiger partial charge on any atom is -0.496 e. The summed E-state index contributed by atoms with van der Waals surface area (Å²) in [6.07, 6.45) is 15.9. The van der Waals surface area contributed by atoms with E-state index in [9.17, 15) is 9.90 Å². The standard InChI is InChI=1S/C36H51NO4/c1-23(2)24(3)12-13-25(4)28-14-15-30-33(28,5)18-17-31-34(6)19-16-26(38)22-35(34)20-21-36(30,31)41-37(35)32(39)27-10-8-9-11-29(27)40-7/h8-13,20-21,23-26,28,30-31,38H,14-19,22H2,1-7H3. The Hall–Kier alpha value is -2.11. The first-order valence-electron chi connectivity index (χ1n) is 16.2. The number of hydrogen-bond acceptors (Lipinski definition) is 4. The zero-order valence-corrected chi connectivity index (χ0v) is 26.2. The molecule has 7 rings (SSSR count). The Bertz CT molecular complexity index is 1240. The van der Waals surface area contributed by atoms with Gasteiger partial charge in [-0.1, -0.05) is 78.0 Å². The molecule has 3 saturated carbocycles. The van der Waals surface area contributed by atoms with E-state index in [2.05, 4.69) is 65.8 Å². The zero-order valence-electron chi connectivity index (χ0n) is 26.2. The molecular formula is C36H51NO4. The Balaban J connectivity index is 1.41. The van der Waals surface area contributed by atoms with Gasteiger partial charge in [-0.15, -0.1) is 0 Å². The van der Waals surface area contributed by atoms with Gasteiger partial charge in [0.15, 0.2) is 0 Å². The van der Waals surface area contributed by atoms with Crippen LogP contribution in [0, 0.1) is 46.3 Å². The van der Waals surface area contributed by atoms with E-state index in [1.165, 1.54) is 12.8 Å². The van der Waals surface area contributed by atoms with Crippen molar-refractivity contribution in [2.45, 2.75) is 104 Å². The second-order valence-corrected chi connectivity index (χ2v) is 15.0. The van der Waals surface area contributed by atoms with Crippen LogP contribution in [0.4, 0.5) is 0 Å². The summed E-state index contributed by atoms with van der Waals surface area (Å²) >= 11 is 0. The molecule has 1 saturated heterocycles. The molecule has 2 bridgehead atoms. The molecule has 0 radical (unpaired) electrons. The number of benzene rings is 1. The van der Waals surface area contributed by atoms with Crippen molar-refractivity contribution in [3.63, 3.8) is 0 Å². The molecule has 4 fully saturated rings. The highest BCUT2D eigenvalue weighted by Crippen LogP contribution is 2.73. The molecule has 1 aromatic carbocycles. The molecule has 10 atom stereocenters. The number of aliphatic hydroxyl groups is 1. The van der Waals surface area contributed by atoms with E-state index in [1.54, 1.807) is 12.2 Å². The molecule has 2 heterocycles. The van der Waals surface area contributed by atoms with Crippen LogP contribution in [0.3, 0.4) is 0 Å². The van der Waals surface area contributed by atoms with Gasteiger partial charge in [0.25, 0.3) is 5.91 Å². The van der Waals surface area contributed by atoms with Gasteiger partial charge < -0.3 is 9.84 Å². The van der Waals surface area contributed by atoms with Crippen LogP contribution in [0.25, 0.3) is 0 Å². The first-order valence-corrected chi connectivity index (χ1v) is 16.2. The molecule has 224 valence electrons. The van der Waals surface area contributed by atoms with Crippen molar-refractivity contribution in [1.29, 1.82) is 0 Å². The number of carbonyl (C=O) groups is 1. The topological polar surface area (TPSA) is 59.0 Å². The molecule has 1 aromatic rings. The fourth-order valence-corrected chi connectivity index (χ4v) is 10.2. The Morgan fingerprint density at radius 2 is 1.78 bits per heavy atom. The number of nitrogens with zero attached hydrogens (tertiary/aromatic N) is 1. The van der Waals surface area contributed by atoms with Crippen LogP contribution in [0.2, 0.25) is 0 Å². The number of methoxy groups -OCH3 is 1. The fourth-order valence-electron chi connectivity index (χ4n) is 10.2. The van der Waals surface area contributed by atoms with Gasteiger partial charge in [0, 0.05) is 23.7 Å². The Morgan fingerprint density at radius 3 is 2.51 bits per heavy atom. The third-order valence-corrected chi connectivity index (χ3v) is 12.9. The lowest BCUT2D eigenvalue weighted by molar-refractivity contribution is -0.380. The number of fused-ring (bicyclic) bond motifs is 2. The number of allylic oxidation sites excluding steroid dienone is 2. The fraction of sp³-hybridized carbons (Fsp3) is 0.694. The van der Waals surface area contributed by atoms with Crippen LogP contribution < -0.4 is 4.74 Å². The zero-order chi connectivity index (χ0) is 29.4. The highest BCUT2D eigenvalue weighted by atomic mass is 16.7. The summed E-state index contributed by atoms with van der Waals surface area (Å²) in [5, 5.41) is 12.7. The Morgan fingerprint density at radius 1 is 1.02 bits per heavy atom. The summed E-state index contributed by atoms with van der Waals surface area (Å²) in [6.45, 7) is 14.2. The number of hydroxylamine groups is 2. The number of aliphatic hydroxyl groups excluding tert-OH is 1. The quantitative estimate of drug-likeness (QED) is 0.363. The third-order valence-electron chi connectivity index (χ3n) is 12.9. The average molecular weight is 562 g/mol. The molecular weight excluding hydrogens is 510 g/mol. The van der Waals surface area contributed by atoms with E-state index < -0.39 is 17.2 Å². The molecule has 5 heteroatoms. The molecule has 5 nitrogen and oxygen atoms in total. The van der Waals surface area contributed by atoms with E-state index in [-0.39, 0.29) is 16.7 Å². The number of para-hydroxylation sites is 1. The largest absolute Gasteiger partial charge is 0.496 e. The van der Waals surface area contributed by atoms with Gasteiger partial charge in [-0.25, -0.2) is 5.06 Å². The average Bonchev–Trinajstić information content (AvgIpc) is 3.33. The maximum atomic E-state index is 14.5. The van der Waals surface area contributed by atoms with Gasteiger partial charge in [-0.2, -0.15) is 0 Å². The molecule has 0 aromatic heterocycles. The maximum absolute atomic E-state index is 14.5. The highest BCUT2D eigenvalue weighted by molar-refractivity contribution is 5.97. The van der Waals surface area contributed by atoms with Crippen molar-refractivity contribution in [3.8, 4) is 5.75 Å². The highest BCUT2D eigenvalue weighted by Gasteiger charge is 2.76. The lowest BCUT2D eigenvalue weighted by Crippen LogP contribution is -2.79. The summed E-state index contributed by atoms with van der Waals surface area (Å²) in [7, 11) is 1.61. The lowest BCUT2D eigenvalue weighted by Gasteiger charge is -2.73. The smallest absolute Gasteiger partial charge is 0.282 e. The molecule has 1 amide bonds. The summed E-state index contributed by atoms with van der Waals surface area (Å²) in [5.74, 6) is 3.35. The predicted octanol–water partition coefficient (Wildman–Crippen LogP) is 7.61. The molecule has 10 unspecified atom stereocenters. The molecule has 2 spiro atoms.